The molecule has 3 heterocycles. The number of amides is 1. The lowest BCUT2D eigenvalue weighted by Crippen LogP contribution is -2.66. The summed E-state index contributed by atoms with van der Waals surface area (Å²) >= 11 is 11.2. The van der Waals surface area contributed by atoms with Gasteiger partial charge in [0.2, 0.25) is 0 Å². The van der Waals surface area contributed by atoms with Crippen molar-refractivity contribution in [2.75, 3.05) is 18.8 Å². The minimum Gasteiger partial charge on any atom is -0.611 e. The van der Waals surface area contributed by atoms with Gasteiger partial charge in [0.15, 0.2) is 4.90 Å². The first kappa shape index (κ1) is 22.8. The Morgan fingerprint density at radius 2 is 2.00 bits per heavy atom. The van der Waals surface area contributed by atoms with E-state index in [1.54, 1.807) is 18.2 Å². The summed E-state index contributed by atoms with van der Waals surface area (Å²) in [6, 6.07) is 8.73. The summed E-state index contributed by atoms with van der Waals surface area (Å²) in [5.41, 5.74) is 1.23. The fraction of sp³-hybridized carbons (Fsp3) is 0.409. The zero-order valence-corrected chi connectivity index (χ0v) is 19.4. The molecule has 0 radical (unpaired) electrons. The second-order valence-electron chi connectivity index (χ2n) is 7.98. The Bertz CT molecular complexity index is 954. The minimum absolute atomic E-state index is 0.130. The van der Waals surface area contributed by atoms with Crippen molar-refractivity contribution >= 4 is 40.3 Å². The molecule has 5 rings (SSSR count). The van der Waals surface area contributed by atoms with Crippen LogP contribution < -0.4 is 10.6 Å². The van der Waals surface area contributed by atoms with E-state index in [0.717, 1.165) is 13.1 Å². The average Bonchev–Trinajstić information content (AvgIpc) is 2.73. The Hall–Kier alpha value is -1.35. The zero-order chi connectivity index (χ0) is 22.1. The van der Waals surface area contributed by atoms with Gasteiger partial charge in [0.05, 0.1) is 0 Å². The number of rotatable bonds is 7. The molecule has 31 heavy (non-hydrogen) atoms. The largest absolute Gasteiger partial charge is 0.611 e. The molecule has 2 bridgehead atoms. The van der Waals surface area contributed by atoms with Crippen LogP contribution in [0, 0.1) is 5.82 Å². The summed E-state index contributed by atoms with van der Waals surface area (Å²) in [7, 11) is 0. The minimum atomic E-state index is -1.18. The quantitative estimate of drug-likeness (QED) is 0.588. The predicted octanol–water partition coefficient (Wildman–Crippen LogP) is 3.74. The summed E-state index contributed by atoms with van der Waals surface area (Å²) in [6.07, 6.45) is 1.17. The van der Waals surface area contributed by atoms with Gasteiger partial charge in [-0.2, -0.15) is 0 Å². The van der Waals surface area contributed by atoms with Crippen molar-refractivity contribution in [1.82, 2.24) is 15.5 Å². The number of piperazine rings is 1. The van der Waals surface area contributed by atoms with E-state index < -0.39 is 22.9 Å². The third-order valence-electron chi connectivity index (χ3n) is 5.75. The molecule has 3 fully saturated rings. The van der Waals surface area contributed by atoms with Crippen molar-refractivity contribution < 1.29 is 13.7 Å². The Labute approximate surface area is 194 Å². The summed E-state index contributed by atoms with van der Waals surface area (Å²) in [5.74, 6) is -0.483. The number of fused-ring (bicyclic) bond motifs is 2. The van der Waals surface area contributed by atoms with Crippen LogP contribution in [0.2, 0.25) is 10.0 Å². The predicted molar refractivity (Wildman–Crippen MR) is 122 cm³/mol. The van der Waals surface area contributed by atoms with Crippen molar-refractivity contribution in [2.24, 2.45) is 0 Å². The van der Waals surface area contributed by atoms with Gasteiger partial charge in [-0.3, -0.25) is 9.69 Å². The van der Waals surface area contributed by atoms with Crippen LogP contribution in [0.15, 0.2) is 35.2 Å². The van der Waals surface area contributed by atoms with Gasteiger partial charge in [0.1, 0.15) is 11.6 Å². The number of carbonyl (C=O) groups excluding carboxylic acids is 1. The molecule has 0 saturated carbocycles. The van der Waals surface area contributed by atoms with Crippen molar-refractivity contribution in [1.29, 1.82) is 0 Å². The molecule has 5 nitrogen and oxygen atoms in total. The van der Waals surface area contributed by atoms with Crippen LogP contribution in [0.4, 0.5) is 4.39 Å². The van der Waals surface area contributed by atoms with Gasteiger partial charge in [-0.1, -0.05) is 23.2 Å². The number of carbonyl (C=O) groups is 1. The number of nitrogens with zero attached hydrogens (tertiary/aromatic N) is 1. The number of benzene rings is 2. The molecule has 3 atom stereocenters. The second kappa shape index (κ2) is 9.65. The van der Waals surface area contributed by atoms with E-state index in [2.05, 4.69) is 15.5 Å². The van der Waals surface area contributed by atoms with Crippen LogP contribution in [-0.4, -0.2) is 46.3 Å². The molecular formula is C22H24Cl2FN3O2S. The van der Waals surface area contributed by atoms with Crippen molar-refractivity contribution in [3.05, 3.63) is 62.9 Å². The maximum Gasteiger partial charge on any atom is 0.251 e. The SMILES string of the molecule is CC[S+]([O-])c1ccc(Cl)cc1CNC(=O)c1cc(F)c(CN2CC3CC(C2)N3)c(Cl)c1. The smallest absolute Gasteiger partial charge is 0.251 e. The summed E-state index contributed by atoms with van der Waals surface area (Å²) in [5, 5.41) is 6.93. The molecular weight excluding hydrogens is 460 g/mol. The van der Waals surface area contributed by atoms with Crippen LogP contribution in [0.5, 0.6) is 0 Å². The van der Waals surface area contributed by atoms with Gasteiger partial charge < -0.3 is 15.2 Å². The number of hydrogen-bond acceptors (Lipinski definition) is 4. The molecule has 2 N–H and O–H groups in total. The van der Waals surface area contributed by atoms with Gasteiger partial charge in [-0.05, 0) is 54.9 Å². The summed E-state index contributed by atoms with van der Waals surface area (Å²) < 4.78 is 27.1. The Morgan fingerprint density at radius 1 is 1.29 bits per heavy atom. The first-order valence-corrected chi connectivity index (χ1v) is 12.3. The van der Waals surface area contributed by atoms with Crippen molar-refractivity contribution in [3.8, 4) is 0 Å². The highest BCUT2D eigenvalue weighted by atomic mass is 35.5. The van der Waals surface area contributed by atoms with Crippen LogP contribution in [0.25, 0.3) is 0 Å². The summed E-state index contributed by atoms with van der Waals surface area (Å²) in [4.78, 5) is 15.5. The lowest BCUT2D eigenvalue weighted by molar-refractivity contribution is 0.0718. The normalized spacial score (nSPS) is 21.5. The van der Waals surface area contributed by atoms with E-state index >= 15 is 0 Å². The molecule has 3 aliphatic heterocycles. The Morgan fingerprint density at radius 3 is 2.65 bits per heavy atom. The van der Waals surface area contributed by atoms with E-state index in [4.69, 9.17) is 23.2 Å². The van der Waals surface area contributed by atoms with Crippen molar-refractivity contribution in [2.45, 2.75) is 43.4 Å². The Kier molecular flexibility index (Phi) is 7.10. The fourth-order valence-electron chi connectivity index (χ4n) is 4.18. The molecule has 3 aliphatic rings. The molecule has 0 spiro atoms. The molecule has 2 aromatic carbocycles. The van der Waals surface area contributed by atoms with Gasteiger partial charge in [-0.25, -0.2) is 4.39 Å². The molecule has 166 valence electrons. The zero-order valence-electron chi connectivity index (χ0n) is 17.1. The van der Waals surface area contributed by atoms with Gasteiger partial charge >= 0.3 is 0 Å². The highest BCUT2D eigenvalue weighted by molar-refractivity contribution is 7.91. The number of nitrogens with one attached hydrogen (secondary N) is 2. The van der Waals surface area contributed by atoms with E-state index in [1.807, 2.05) is 6.92 Å². The Balaban J connectivity index is 1.44. The molecule has 2 aromatic rings. The van der Waals surface area contributed by atoms with E-state index in [0.29, 0.717) is 45.4 Å². The third-order valence-corrected chi connectivity index (χ3v) is 7.74. The third kappa shape index (κ3) is 5.18. The average molecular weight is 484 g/mol. The van der Waals surface area contributed by atoms with Gasteiger partial charge in [-0.15, -0.1) is 0 Å². The van der Waals surface area contributed by atoms with E-state index in [-0.39, 0.29) is 17.1 Å². The van der Waals surface area contributed by atoms with Crippen LogP contribution in [-0.2, 0) is 24.3 Å². The van der Waals surface area contributed by atoms with E-state index in [9.17, 15) is 13.7 Å². The number of piperidine rings is 1. The first-order valence-electron chi connectivity index (χ1n) is 10.3. The molecule has 1 amide bonds. The molecule has 9 heteroatoms. The highest BCUT2D eigenvalue weighted by Crippen LogP contribution is 2.27. The van der Waals surface area contributed by atoms with Gasteiger partial charge in [0.25, 0.3) is 5.91 Å². The number of hydrogen-bond donors (Lipinski definition) is 2. The topological polar surface area (TPSA) is 67.4 Å². The molecule has 3 saturated heterocycles. The number of halogens is 3. The highest BCUT2D eigenvalue weighted by Gasteiger charge is 2.36. The second-order valence-corrected chi connectivity index (χ2v) is 10.5. The molecule has 3 unspecified atom stereocenters. The molecule has 0 aromatic heterocycles. The van der Waals surface area contributed by atoms with E-state index in [1.165, 1.54) is 18.6 Å². The standard InChI is InChI=1S/C22H24Cl2FN3O2S/c1-2-31(30)21-4-3-15(23)5-14(21)9-26-22(29)13-6-19(24)18(20(25)7-13)12-28-10-16-8-17(11-28)27-16/h3-7,16-17,27H,2,8-12H2,1H3,(H,26,29). The molecule has 0 aliphatic carbocycles. The van der Waals surface area contributed by atoms with Crippen molar-refractivity contribution in [3.63, 3.8) is 0 Å². The fourth-order valence-corrected chi connectivity index (χ4v) is 5.60. The van der Waals surface area contributed by atoms with Crippen LogP contribution >= 0.6 is 23.2 Å². The monoisotopic (exact) mass is 483 g/mol. The lowest BCUT2D eigenvalue weighted by atomic mass is 9.91. The van der Waals surface area contributed by atoms with Crippen LogP contribution in [0.1, 0.15) is 34.8 Å². The maximum absolute atomic E-state index is 14.8. The first-order chi connectivity index (χ1) is 14.8. The lowest BCUT2D eigenvalue weighted by Gasteiger charge is -2.48. The van der Waals surface area contributed by atoms with Crippen LogP contribution in [0.3, 0.4) is 0 Å². The maximum atomic E-state index is 14.8. The van der Waals surface area contributed by atoms with Gasteiger partial charge in [0, 0.05) is 65.0 Å². The summed E-state index contributed by atoms with van der Waals surface area (Å²) in [6.45, 7) is 4.12.